The number of ether oxygens (including phenoxy) is 1. The number of nitrogens with one attached hydrogen (secondary N) is 2. The van der Waals surface area contributed by atoms with E-state index < -0.39 is 17.6 Å². The highest BCUT2D eigenvalue weighted by Gasteiger charge is 2.36. The van der Waals surface area contributed by atoms with Crippen LogP contribution in [-0.4, -0.2) is 36.6 Å². The van der Waals surface area contributed by atoms with Gasteiger partial charge >= 0.3 is 6.18 Å². The predicted molar refractivity (Wildman–Crippen MR) is 89.1 cm³/mol. The summed E-state index contributed by atoms with van der Waals surface area (Å²) in [5.74, 6) is -0.568. The Hall–Kier alpha value is -1.87. The van der Waals surface area contributed by atoms with Crippen molar-refractivity contribution in [1.29, 1.82) is 0 Å². The minimum atomic E-state index is -4.55. The molecule has 0 radical (unpaired) electrons. The Morgan fingerprint density at radius 3 is 2.88 bits per heavy atom. The van der Waals surface area contributed by atoms with E-state index in [0.29, 0.717) is 12.8 Å². The van der Waals surface area contributed by atoms with Gasteiger partial charge in [0.05, 0.1) is 21.3 Å². The molecule has 0 unspecified atom stereocenters. The Bertz CT molecular complexity index is 791. The monoisotopic (exact) mass is 373 g/mol. The molecule has 9 heteroatoms. The van der Waals surface area contributed by atoms with E-state index in [1.807, 2.05) is 6.92 Å². The van der Waals surface area contributed by atoms with Crippen LogP contribution in [0.2, 0.25) is 0 Å². The van der Waals surface area contributed by atoms with Crippen LogP contribution < -0.4 is 15.4 Å². The summed E-state index contributed by atoms with van der Waals surface area (Å²) in [7, 11) is 1.42. The molecule has 1 aliphatic heterocycles. The number of nitrogens with zero attached hydrogens (tertiary/aromatic N) is 1. The van der Waals surface area contributed by atoms with Crippen molar-refractivity contribution < 1.29 is 22.7 Å². The number of hydrogen-bond acceptors (Lipinski definition) is 5. The molecule has 25 heavy (non-hydrogen) atoms. The number of thiophene rings is 1. The van der Waals surface area contributed by atoms with Crippen LogP contribution in [0.3, 0.4) is 0 Å². The molecule has 3 heterocycles. The van der Waals surface area contributed by atoms with Gasteiger partial charge in [-0.3, -0.25) is 4.79 Å². The minimum absolute atomic E-state index is 0.0242. The molecular weight excluding hydrogens is 355 g/mol. The Morgan fingerprint density at radius 2 is 2.24 bits per heavy atom. The maximum absolute atomic E-state index is 13.4. The van der Waals surface area contributed by atoms with Gasteiger partial charge in [-0.2, -0.15) is 13.2 Å². The second-order valence-corrected chi connectivity index (χ2v) is 6.91. The first-order chi connectivity index (χ1) is 11.8. The van der Waals surface area contributed by atoms with Gasteiger partial charge in [0, 0.05) is 24.5 Å². The first-order valence-electron chi connectivity index (χ1n) is 7.91. The standard InChI is InChI=1S/C16H18F3N3O2S/c1-8-5-9(3-4-21-8)24-12-6-11(16(17,18)19)14-13(22-12)10(7-25-14)15(23)20-2/h6-9,21H,3-5H2,1-2H3,(H,20,23)/t8-,9-/m1/s1. The molecule has 0 saturated carbocycles. The lowest BCUT2D eigenvalue weighted by Gasteiger charge is -2.28. The van der Waals surface area contributed by atoms with E-state index in [0.717, 1.165) is 23.9 Å². The van der Waals surface area contributed by atoms with Crippen molar-refractivity contribution in [2.75, 3.05) is 13.6 Å². The maximum Gasteiger partial charge on any atom is 0.418 e. The molecule has 2 aromatic rings. The van der Waals surface area contributed by atoms with Crippen molar-refractivity contribution in [3.05, 3.63) is 22.6 Å². The van der Waals surface area contributed by atoms with E-state index in [4.69, 9.17) is 4.74 Å². The first-order valence-corrected chi connectivity index (χ1v) is 8.79. The molecule has 3 rings (SSSR count). The van der Waals surface area contributed by atoms with E-state index in [1.165, 1.54) is 12.4 Å². The fraction of sp³-hybridized carbons (Fsp3) is 0.500. The van der Waals surface area contributed by atoms with Gasteiger partial charge in [0.15, 0.2) is 0 Å². The molecule has 0 spiro atoms. The van der Waals surface area contributed by atoms with Gasteiger partial charge in [-0.25, -0.2) is 4.98 Å². The van der Waals surface area contributed by atoms with Crippen LogP contribution in [0, 0.1) is 0 Å². The van der Waals surface area contributed by atoms with Crippen LogP contribution in [0.4, 0.5) is 13.2 Å². The summed E-state index contributed by atoms with van der Waals surface area (Å²) in [6, 6.07) is 1.16. The molecule has 1 amide bonds. The van der Waals surface area contributed by atoms with Crippen LogP contribution in [-0.2, 0) is 6.18 Å². The molecule has 1 saturated heterocycles. The van der Waals surface area contributed by atoms with Crippen molar-refractivity contribution >= 4 is 27.5 Å². The third-order valence-corrected chi connectivity index (χ3v) is 5.14. The lowest BCUT2D eigenvalue weighted by atomic mass is 10.0. The summed E-state index contributed by atoms with van der Waals surface area (Å²) in [5, 5.41) is 7.07. The number of aromatic nitrogens is 1. The van der Waals surface area contributed by atoms with Crippen molar-refractivity contribution in [2.45, 2.75) is 38.1 Å². The van der Waals surface area contributed by atoms with Crippen LogP contribution in [0.1, 0.15) is 35.7 Å². The third kappa shape index (κ3) is 3.72. The fourth-order valence-corrected chi connectivity index (χ4v) is 3.94. The minimum Gasteiger partial charge on any atom is -0.474 e. The quantitative estimate of drug-likeness (QED) is 0.867. The summed E-state index contributed by atoms with van der Waals surface area (Å²) in [4.78, 5) is 16.1. The molecule has 2 N–H and O–H groups in total. The number of hydrogen-bond donors (Lipinski definition) is 2. The number of fused-ring (bicyclic) bond motifs is 1. The molecule has 2 aromatic heterocycles. The molecule has 0 aliphatic carbocycles. The Morgan fingerprint density at radius 1 is 1.48 bits per heavy atom. The SMILES string of the molecule is CNC(=O)c1csc2c(C(F)(F)F)cc(O[C@@H]3CCN[C@H](C)C3)nc12. The third-order valence-electron chi connectivity index (χ3n) is 4.14. The maximum atomic E-state index is 13.4. The molecule has 0 aromatic carbocycles. The van der Waals surface area contributed by atoms with Crippen LogP contribution in [0.25, 0.3) is 10.2 Å². The zero-order valence-corrected chi connectivity index (χ0v) is 14.6. The molecule has 1 aliphatic rings. The molecule has 136 valence electrons. The van der Waals surface area contributed by atoms with Crippen molar-refractivity contribution in [1.82, 2.24) is 15.6 Å². The summed E-state index contributed by atoms with van der Waals surface area (Å²) in [6.45, 7) is 2.73. The number of halogens is 3. The number of amides is 1. The summed E-state index contributed by atoms with van der Waals surface area (Å²) in [6.07, 6.45) is -3.38. The Kier molecular flexibility index (Phi) is 4.88. The number of pyridine rings is 1. The molecule has 2 atom stereocenters. The number of piperidine rings is 1. The van der Waals surface area contributed by atoms with E-state index in [-0.39, 0.29) is 33.8 Å². The Balaban J connectivity index is 2.04. The van der Waals surface area contributed by atoms with E-state index >= 15 is 0 Å². The van der Waals surface area contributed by atoms with E-state index in [2.05, 4.69) is 15.6 Å². The normalized spacial score (nSPS) is 21.3. The van der Waals surface area contributed by atoms with Gasteiger partial charge in [0.25, 0.3) is 5.91 Å². The van der Waals surface area contributed by atoms with Gasteiger partial charge in [0.1, 0.15) is 6.10 Å². The summed E-state index contributed by atoms with van der Waals surface area (Å²) < 4.78 is 46.0. The second-order valence-electron chi connectivity index (χ2n) is 6.03. The zero-order chi connectivity index (χ0) is 18.2. The highest BCUT2D eigenvalue weighted by Crippen LogP contribution is 2.40. The highest BCUT2D eigenvalue weighted by atomic mass is 32.1. The van der Waals surface area contributed by atoms with Crippen LogP contribution in [0.5, 0.6) is 5.88 Å². The molecule has 0 bridgehead atoms. The Labute approximate surface area is 146 Å². The van der Waals surface area contributed by atoms with E-state index in [9.17, 15) is 18.0 Å². The van der Waals surface area contributed by atoms with Gasteiger partial charge in [-0.05, 0) is 26.3 Å². The smallest absolute Gasteiger partial charge is 0.418 e. The number of carbonyl (C=O) groups excluding carboxylic acids is 1. The van der Waals surface area contributed by atoms with Gasteiger partial charge in [-0.15, -0.1) is 11.3 Å². The lowest BCUT2D eigenvalue weighted by molar-refractivity contribution is -0.136. The van der Waals surface area contributed by atoms with Gasteiger partial charge < -0.3 is 15.4 Å². The van der Waals surface area contributed by atoms with Crippen molar-refractivity contribution in [3.8, 4) is 5.88 Å². The van der Waals surface area contributed by atoms with Gasteiger partial charge in [0.2, 0.25) is 5.88 Å². The topological polar surface area (TPSA) is 63.2 Å². The molecular formula is C16H18F3N3O2S. The number of carbonyl (C=O) groups is 1. The summed E-state index contributed by atoms with van der Waals surface area (Å²) >= 11 is 0.857. The van der Waals surface area contributed by atoms with Crippen molar-refractivity contribution in [2.24, 2.45) is 0 Å². The average molecular weight is 373 g/mol. The van der Waals surface area contributed by atoms with Gasteiger partial charge in [-0.1, -0.05) is 0 Å². The number of rotatable bonds is 3. The molecule has 1 fully saturated rings. The predicted octanol–water partition coefficient (Wildman–Crippen LogP) is 3.19. The number of alkyl halides is 3. The first kappa shape index (κ1) is 17.9. The van der Waals surface area contributed by atoms with Crippen molar-refractivity contribution in [3.63, 3.8) is 0 Å². The second kappa shape index (κ2) is 6.80. The lowest BCUT2D eigenvalue weighted by Crippen LogP contribution is -2.40. The zero-order valence-electron chi connectivity index (χ0n) is 13.7. The van der Waals surface area contributed by atoms with Crippen LogP contribution >= 0.6 is 11.3 Å². The summed E-state index contributed by atoms with van der Waals surface area (Å²) in [5.41, 5.74) is -0.678. The molecule has 5 nitrogen and oxygen atoms in total. The fourth-order valence-electron chi connectivity index (χ4n) is 2.92. The van der Waals surface area contributed by atoms with E-state index in [1.54, 1.807) is 0 Å². The largest absolute Gasteiger partial charge is 0.474 e. The average Bonchev–Trinajstić information content (AvgIpc) is 2.96. The van der Waals surface area contributed by atoms with Crippen LogP contribution in [0.15, 0.2) is 11.4 Å². The highest BCUT2D eigenvalue weighted by molar-refractivity contribution is 7.17.